The number of amides is 1. The van der Waals surface area contributed by atoms with Gasteiger partial charge in [-0.15, -0.1) is 4.74 Å². The van der Waals surface area contributed by atoms with Crippen LogP contribution >= 0.6 is 0 Å². The maximum atomic E-state index is 13.5. The molecule has 5 aromatic rings. The summed E-state index contributed by atoms with van der Waals surface area (Å²) < 4.78 is 30.8. The van der Waals surface area contributed by atoms with E-state index in [1.54, 1.807) is 36.4 Å². The lowest BCUT2D eigenvalue weighted by Crippen LogP contribution is -2.39. The third-order valence-corrected chi connectivity index (χ3v) is 7.89. The number of rotatable bonds is 10. The molecule has 230 valence electrons. The molecule has 10 heteroatoms. The fourth-order valence-corrected chi connectivity index (χ4v) is 5.56. The highest BCUT2D eigenvalue weighted by Gasteiger charge is 2.30. The fourth-order valence-electron chi connectivity index (χ4n) is 5.56. The minimum atomic E-state index is -0.788. The number of hydrogen-bond donors (Lipinski definition) is 1. The summed E-state index contributed by atoms with van der Waals surface area (Å²) in [6, 6.07) is 27.0. The number of hydrogen-bond acceptors (Lipinski definition) is 6. The van der Waals surface area contributed by atoms with Crippen LogP contribution in [0.15, 0.2) is 105 Å². The van der Waals surface area contributed by atoms with E-state index in [-0.39, 0.29) is 24.3 Å². The first kappa shape index (κ1) is 29.7. The molecule has 9 nitrogen and oxygen atoms in total. The number of carbonyl (C=O) groups is 1. The first-order chi connectivity index (χ1) is 21.8. The van der Waals surface area contributed by atoms with Crippen LogP contribution in [0, 0.1) is 12.7 Å². The van der Waals surface area contributed by atoms with Gasteiger partial charge in [0.2, 0.25) is 0 Å². The van der Waals surface area contributed by atoms with Crippen LogP contribution in [0.5, 0.6) is 11.5 Å². The van der Waals surface area contributed by atoms with E-state index < -0.39 is 11.4 Å². The van der Waals surface area contributed by atoms with Crippen LogP contribution in [0.3, 0.4) is 0 Å². The molecule has 4 aromatic carbocycles. The molecule has 0 radical (unpaired) electrons. The van der Waals surface area contributed by atoms with E-state index in [0.717, 1.165) is 45.4 Å². The van der Waals surface area contributed by atoms with Gasteiger partial charge in [-0.05, 0) is 102 Å². The minimum Gasteiger partial charge on any atom is -0.491 e. The zero-order valence-electron chi connectivity index (χ0n) is 24.7. The van der Waals surface area contributed by atoms with E-state index in [1.165, 1.54) is 12.1 Å². The summed E-state index contributed by atoms with van der Waals surface area (Å²) >= 11 is 0. The van der Waals surface area contributed by atoms with Gasteiger partial charge >= 0.3 is 11.4 Å². The highest BCUT2D eigenvalue weighted by molar-refractivity contribution is 5.95. The van der Waals surface area contributed by atoms with Gasteiger partial charge in [-0.2, -0.15) is 0 Å². The molecule has 1 aromatic heterocycles. The standard InChI is InChI=1S/C35H32FN3O6/c1-23-18-27(33(40)38-17-3-6-29(38)22-44-31-14-10-28(36)11-15-31)9-16-32(23)26-5-2-4-25(19-26)21-43-30-12-7-24(8-13-30)20-39-34(41)37-35(42)45-39/h2,4-5,7-16,18-19,29H,3,6,17,20-22H2,1H3,(H,37,41,42). The largest absolute Gasteiger partial charge is 0.491 e. The molecule has 45 heavy (non-hydrogen) atoms. The molecular formula is C35H32FN3O6. The molecule has 2 heterocycles. The molecule has 0 aliphatic carbocycles. The van der Waals surface area contributed by atoms with Crippen molar-refractivity contribution in [1.29, 1.82) is 0 Å². The zero-order valence-corrected chi connectivity index (χ0v) is 24.7. The first-order valence-corrected chi connectivity index (χ1v) is 14.7. The molecule has 6 rings (SSSR count). The van der Waals surface area contributed by atoms with E-state index in [1.807, 2.05) is 48.2 Å². The summed E-state index contributed by atoms with van der Waals surface area (Å²) in [6.45, 7) is 3.52. The van der Waals surface area contributed by atoms with E-state index in [4.69, 9.17) is 14.0 Å². The number of ether oxygens (including phenoxy) is 2. The molecule has 1 aliphatic heterocycles. The Hall–Kier alpha value is -5.38. The van der Waals surface area contributed by atoms with Crippen molar-refractivity contribution < 1.29 is 23.2 Å². The summed E-state index contributed by atoms with van der Waals surface area (Å²) in [7, 11) is 0. The van der Waals surface area contributed by atoms with Crippen molar-refractivity contribution in [2.45, 2.75) is 39.0 Å². The number of aryl methyl sites for hydroxylation is 1. The summed E-state index contributed by atoms with van der Waals surface area (Å²) in [4.78, 5) is 40.3. The topological polar surface area (TPSA) is 107 Å². The highest BCUT2D eigenvalue weighted by Crippen LogP contribution is 2.28. The predicted molar refractivity (Wildman–Crippen MR) is 166 cm³/mol. The number of nitrogens with zero attached hydrogens (tertiary/aromatic N) is 2. The number of H-pyrrole nitrogens is 1. The predicted octanol–water partition coefficient (Wildman–Crippen LogP) is 5.56. The number of halogens is 1. The number of nitrogens with one attached hydrogen (secondary N) is 1. The second-order valence-corrected chi connectivity index (χ2v) is 11.1. The van der Waals surface area contributed by atoms with Crippen LogP contribution in [0.1, 0.15) is 39.9 Å². The SMILES string of the molecule is Cc1cc(C(=O)N2CCCC2COc2ccc(F)cc2)ccc1-c1cccc(COc2ccc(Cn3oc(=O)[nH]c3=O)cc2)c1. The average Bonchev–Trinajstić information content (AvgIpc) is 3.65. The summed E-state index contributed by atoms with van der Waals surface area (Å²) in [6.07, 6.45) is 1.77. The molecule has 0 bridgehead atoms. The van der Waals surface area contributed by atoms with Crippen LogP contribution in [0.25, 0.3) is 11.1 Å². The van der Waals surface area contributed by atoms with Crippen molar-refractivity contribution >= 4 is 5.91 Å². The number of aromatic amines is 1. The average molecular weight is 610 g/mol. The van der Waals surface area contributed by atoms with Crippen molar-refractivity contribution in [1.82, 2.24) is 14.6 Å². The van der Waals surface area contributed by atoms with Crippen LogP contribution < -0.4 is 20.9 Å². The monoisotopic (exact) mass is 609 g/mol. The van der Waals surface area contributed by atoms with Crippen LogP contribution in [-0.4, -0.2) is 39.7 Å². The normalized spacial score (nSPS) is 14.4. The van der Waals surface area contributed by atoms with Gasteiger partial charge in [0.05, 0.1) is 12.6 Å². The maximum Gasteiger partial charge on any atom is 0.440 e. The lowest BCUT2D eigenvalue weighted by Gasteiger charge is -2.25. The van der Waals surface area contributed by atoms with Crippen molar-refractivity contribution in [3.63, 3.8) is 0 Å². The molecule has 1 saturated heterocycles. The van der Waals surface area contributed by atoms with Crippen molar-refractivity contribution in [2.75, 3.05) is 13.2 Å². The number of benzene rings is 4. The quantitative estimate of drug-likeness (QED) is 0.222. The van der Waals surface area contributed by atoms with Gasteiger partial charge < -0.3 is 18.9 Å². The maximum absolute atomic E-state index is 13.5. The van der Waals surface area contributed by atoms with Crippen LogP contribution in [0.4, 0.5) is 4.39 Å². The Labute approximate surface area is 258 Å². The number of likely N-dealkylation sites (tertiary alicyclic amines) is 1. The third kappa shape index (κ3) is 7.06. The second kappa shape index (κ2) is 13.1. The first-order valence-electron chi connectivity index (χ1n) is 14.7. The van der Waals surface area contributed by atoms with E-state index in [2.05, 4.69) is 11.1 Å². The molecule has 1 N–H and O–H groups in total. The number of aromatic nitrogens is 2. The molecule has 0 spiro atoms. The summed E-state index contributed by atoms with van der Waals surface area (Å²) in [5.41, 5.74) is 4.85. The molecule has 1 fully saturated rings. The van der Waals surface area contributed by atoms with E-state index in [9.17, 15) is 18.8 Å². The fraction of sp³-hybridized carbons (Fsp3) is 0.229. The molecule has 1 unspecified atom stereocenters. The molecule has 0 saturated carbocycles. The molecule has 1 aliphatic rings. The van der Waals surface area contributed by atoms with Gasteiger partial charge in [-0.3, -0.25) is 4.79 Å². The summed E-state index contributed by atoms with van der Waals surface area (Å²) in [5.74, 6) is 0.123. The van der Waals surface area contributed by atoms with Crippen LogP contribution in [-0.2, 0) is 13.2 Å². The van der Waals surface area contributed by atoms with Gasteiger partial charge in [0.1, 0.15) is 30.5 Å². The van der Waals surface area contributed by atoms with Gasteiger partial charge in [0, 0.05) is 12.1 Å². The Morgan fingerprint density at radius 1 is 0.933 bits per heavy atom. The Kier molecular flexibility index (Phi) is 8.63. The molecule has 1 amide bonds. The van der Waals surface area contributed by atoms with Gasteiger partial charge in [-0.25, -0.2) is 19.0 Å². The Morgan fingerprint density at radius 3 is 2.42 bits per heavy atom. The van der Waals surface area contributed by atoms with E-state index in [0.29, 0.717) is 36.8 Å². The smallest absolute Gasteiger partial charge is 0.440 e. The van der Waals surface area contributed by atoms with Crippen molar-refractivity contribution in [3.05, 3.63) is 140 Å². The number of carbonyl (C=O) groups excluding carboxylic acids is 1. The van der Waals surface area contributed by atoms with E-state index >= 15 is 0 Å². The van der Waals surface area contributed by atoms with Gasteiger partial charge in [0.15, 0.2) is 0 Å². The molecular weight excluding hydrogens is 577 g/mol. The highest BCUT2D eigenvalue weighted by atomic mass is 19.1. The Balaban J connectivity index is 1.07. The Morgan fingerprint density at radius 2 is 1.69 bits per heavy atom. The van der Waals surface area contributed by atoms with Crippen molar-refractivity contribution in [2.24, 2.45) is 0 Å². The zero-order chi connectivity index (χ0) is 31.3. The van der Waals surface area contributed by atoms with Gasteiger partial charge in [0.25, 0.3) is 5.91 Å². The third-order valence-electron chi connectivity index (χ3n) is 7.89. The van der Waals surface area contributed by atoms with Crippen LogP contribution in [0.2, 0.25) is 0 Å². The lowest BCUT2D eigenvalue weighted by molar-refractivity contribution is 0.0691. The molecule has 1 atom stereocenters. The lowest BCUT2D eigenvalue weighted by atomic mass is 9.96. The Bertz CT molecular complexity index is 1910. The van der Waals surface area contributed by atoms with Gasteiger partial charge in [-0.1, -0.05) is 36.4 Å². The minimum absolute atomic E-state index is 0.0206. The summed E-state index contributed by atoms with van der Waals surface area (Å²) in [5, 5.41) is 0. The van der Waals surface area contributed by atoms with Crippen molar-refractivity contribution in [3.8, 4) is 22.6 Å². The second-order valence-electron chi connectivity index (χ2n) is 11.1.